The molecule has 118 valence electrons. The van der Waals surface area contributed by atoms with Gasteiger partial charge in [-0.2, -0.15) is 0 Å². The number of aryl methyl sites for hydroxylation is 1. The Balaban J connectivity index is 1.97. The SMILES string of the molecule is Cc1cc(C(=O)N[C@H]2CCCNC2)c2c(C(C)C)noc2n1. The summed E-state index contributed by atoms with van der Waals surface area (Å²) in [7, 11) is 0. The Kier molecular flexibility index (Phi) is 4.11. The molecule has 0 aromatic carbocycles. The largest absolute Gasteiger partial charge is 0.348 e. The highest BCUT2D eigenvalue weighted by Gasteiger charge is 2.23. The number of carbonyl (C=O) groups excluding carboxylic acids is 1. The number of piperidine rings is 1. The molecule has 2 aromatic rings. The molecule has 6 nitrogen and oxygen atoms in total. The standard InChI is InChI=1S/C16H22N4O2/c1-9(2)14-13-12(7-10(3)18-16(13)22-20-14)15(21)19-11-5-4-6-17-8-11/h7,9,11,17H,4-6,8H2,1-3H3,(H,19,21)/t11-/m0/s1. The van der Waals surface area contributed by atoms with Gasteiger partial charge in [-0.05, 0) is 38.3 Å². The van der Waals surface area contributed by atoms with Crippen molar-refractivity contribution in [2.75, 3.05) is 13.1 Å². The van der Waals surface area contributed by atoms with E-state index < -0.39 is 0 Å². The van der Waals surface area contributed by atoms with Crippen molar-refractivity contribution >= 4 is 17.0 Å². The molecule has 0 unspecified atom stereocenters. The van der Waals surface area contributed by atoms with Gasteiger partial charge in [0.15, 0.2) is 0 Å². The van der Waals surface area contributed by atoms with Crippen LogP contribution in [0.1, 0.15) is 54.4 Å². The normalized spacial score (nSPS) is 18.8. The van der Waals surface area contributed by atoms with Crippen LogP contribution in [0.2, 0.25) is 0 Å². The highest BCUT2D eigenvalue weighted by molar-refractivity contribution is 6.06. The number of nitrogens with one attached hydrogen (secondary N) is 2. The van der Waals surface area contributed by atoms with Crippen LogP contribution >= 0.6 is 0 Å². The van der Waals surface area contributed by atoms with Crippen LogP contribution in [0.25, 0.3) is 11.1 Å². The first-order valence-electron chi connectivity index (χ1n) is 7.84. The monoisotopic (exact) mass is 302 g/mol. The molecule has 2 N–H and O–H groups in total. The van der Waals surface area contributed by atoms with Gasteiger partial charge >= 0.3 is 0 Å². The van der Waals surface area contributed by atoms with Crippen LogP contribution in [0.5, 0.6) is 0 Å². The third-order valence-electron chi connectivity index (χ3n) is 4.02. The molecule has 0 bridgehead atoms. The average Bonchev–Trinajstić information content (AvgIpc) is 2.91. The van der Waals surface area contributed by atoms with E-state index in [4.69, 9.17) is 4.52 Å². The molecule has 0 aliphatic carbocycles. The summed E-state index contributed by atoms with van der Waals surface area (Å²) < 4.78 is 5.32. The highest BCUT2D eigenvalue weighted by Crippen LogP contribution is 2.27. The highest BCUT2D eigenvalue weighted by atomic mass is 16.5. The Morgan fingerprint density at radius 2 is 2.32 bits per heavy atom. The molecule has 22 heavy (non-hydrogen) atoms. The first-order chi connectivity index (χ1) is 10.6. The topological polar surface area (TPSA) is 80.0 Å². The quantitative estimate of drug-likeness (QED) is 0.908. The summed E-state index contributed by atoms with van der Waals surface area (Å²) in [6.07, 6.45) is 2.09. The zero-order chi connectivity index (χ0) is 15.7. The maximum absolute atomic E-state index is 12.7. The molecular weight excluding hydrogens is 280 g/mol. The predicted molar refractivity (Wildman–Crippen MR) is 84.0 cm³/mol. The van der Waals surface area contributed by atoms with Crippen LogP contribution < -0.4 is 10.6 Å². The molecule has 1 amide bonds. The van der Waals surface area contributed by atoms with Gasteiger partial charge in [0, 0.05) is 18.3 Å². The van der Waals surface area contributed by atoms with Crippen molar-refractivity contribution in [1.29, 1.82) is 0 Å². The maximum atomic E-state index is 12.7. The van der Waals surface area contributed by atoms with Crippen LogP contribution in [-0.4, -0.2) is 35.2 Å². The first-order valence-corrected chi connectivity index (χ1v) is 7.84. The smallest absolute Gasteiger partial charge is 0.259 e. The van der Waals surface area contributed by atoms with Gasteiger partial charge in [0.1, 0.15) is 0 Å². The van der Waals surface area contributed by atoms with Gasteiger partial charge in [-0.3, -0.25) is 4.79 Å². The third kappa shape index (κ3) is 2.83. The lowest BCUT2D eigenvalue weighted by Crippen LogP contribution is -2.45. The van der Waals surface area contributed by atoms with E-state index in [1.165, 1.54) is 0 Å². The summed E-state index contributed by atoms with van der Waals surface area (Å²) in [5.41, 5.74) is 2.59. The molecule has 0 saturated carbocycles. The fraction of sp³-hybridized carbons (Fsp3) is 0.562. The molecule has 1 atom stereocenters. The van der Waals surface area contributed by atoms with Gasteiger partial charge in [0.25, 0.3) is 11.6 Å². The van der Waals surface area contributed by atoms with Crippen molar-refractivity contribution in [3.63, 3.8) is 0 Å². The van der Waals surface area contributed by atoms with Crippen LogP contribution in [-0.2, 0) is 0 Å². The van der Waals surface area contributed by atoms with E-state index in [2.05, 4.69) is 20.8 Å². The van der Waals surface area contributed by atoms with E-state index in [0.717, 1.165) is 42.7 Å². The zero-order valence-corrected chi connectivity index (χ0v) is 13.3. The second-order valence-corrected chi connectivity index (χ2v) is 6.23. The molecule has 1 saturated heterocycles. The van der Waals surface area contributed by atoms with Crippen LogP contribution in [0.4, 0.5) is 0 Å². The Bertz CT molecular complexity index is 687. The van der Waals surface area contributed by atoms with Crippen LogP contribution in [0.15, 0.2) is 10.6 Å². The van der Waals surface area contributed by atoms with Crippen molar-refractivity contribution in [2.24, 2.45) is 0 Å². The maximum Gasteiger partial charge on any atom is 0.259 e. The fourth-order valence-electron chi connectivity index (χ4n) is 2.91. The number of pyridine rings is 1. The number of rotatable bonds is 3. The number of hydrogen-bond donors (Lipinski definition) is 2. The van der Waals surface area contributed by atoms with E-state index in [-0.39, 0.29) is 17.9 Å². The Morgan fingerprint density at radius 1 is 1.50 bits per heavy atom. The van der Waals surface area contributed by atoms with Gasteiger partial charge in [-0.15, -0.1) is 0 Å². The number of carbonyl (C=O) groups is 1. The zero-order valence-electron chi connectivity index (χ0n) is 13.3. The molecule has 1 fully saturated rings. The van der Waals surface area contributed by atoms with E-state index in [1.54, 1.807) is 0 Å². The number of aromatic nitrogens is 2. The van der Waals surface area contributed by atoms with Crippen molar-refractivity contribution in [3.05, 3.63) is 23.0 Å². The lowest BCUT2D eigenvalue weighted by Gasteiger charge is -2.24. The molecule has 3 heterocycles. The minimum Gasteiger partial charge on any atom is -0.348 e. The molecule has 1 aliphatic rings. The van der Waals surface area contributed by atoms with E-state index in [1.807, 2.05) is 26.8 Å². The van der Waals surface area contributed by atoms with Gasteiger partial charge in [-0.1, -0.05) is 19.0 Å². The fourth-order valence-corrected chi connectivity index (χ4v) is 2.91. The number of nitrogens with zero attached hydrogens (tertiary/aromatic N) is 2. The van der Waals surface area contributed by atoms with Gasteiger partial charge in [0.2, 0.25) is 0 Å². The lowest BCUT2D eigenvalue weighted by atomic mass is 10.0. The summed E-state index contributed by atoms with van der Waals surface area (Å²) in [6, 6.07) is 1.99. The number of hydrogen-bond acceptors (Lipinski definition) is 5. The first kappa shape index (κ1) is 15.0. The summed E-state index contributed by atoms with van der Waals surface area (Å²) in [6.45, 7) is 7.76. The van der Waals surface area contributed by atoms with Crippen molar-refractivity contribution in [3.8, 4) is 0 Å². The Morgan fingerprint density at radius 3 is 3.00 bits per heavy atom. The van der Waals surface area contributed by atoms with E-state index in [9.17, 15) is 4.79 Å². The minimum absolute atomic E-state index is 0.0747. The molecule has 3 rings (SSSR count). The van der Waals surface area contributed by atoms with Crippen molar-refractivity contribution in [1.82, 2.24) is 20.8 Å². The van der Waals surface area contributed by atoms with Gasteiger partial charge < -0.3 is 15.2 Å². The molecular formula is C16H22N4O2. The minimum atomic E-state index is -0.0747. The average molecular weight is 302 g/mol. The summed E-state index contributed by atoms with van der Waals surface area (Å²) in [5.74, 6) is 0.1000. The number of amides is 1. The second-order valence-electron chi connectivity index (χ2n) is 6.23. The second kappa shape index (κ2) is 6.04. The van der Waals surface area contributed by atoms with Crippen LogP contribution in [0, 0.1) is 6.92 Å². The van der Waals surface area contributed by atoms with Crippen LogP contribution in [0.3, 0.4) is 0 Å². The lowest BCUT2D eigenvalue weighted by molar-refractivity contribution is 0.0932. The molecule has 6 heteroatoms. The molecule has 2 aromatic heterocycles. The van der Waals surface area contributed by atoms with Gasteiger partial charge in [0.05, 0.1) is 16.6 Å². The molecule has 0 radical (unpaired) electrons. The van der Waals surface area contributed by atoms with E-state index >= 15 is 0 Å². The summed E-state index contributed by atoms with van der Waals surface area (Å²) in [5, 5.41) is 11.3. The Labute approximate surface area is 129 Å². The van der Waals surface area contributed by atoms with Crippen molar-refractivity contribution in [2.45, 2.75) is 45.6 Å². The number of fused-ring (bicyclic) bond motifs is 1. The van der Waals surface area contributed by atoms with Crippen molar-refractivity contribution < 1.29 is 9.32 Å². The molecule has 0 spiro atoms. The summed E-state index contributed by atoms with van der Waals surface area (Å²) in [4.78, 5) is 17.1. The summed E-state index contributed by atoms with van der Waals surface area (Å²) >= 11 is 0. The van der Waals surface area contributed by atoms with E-state index in [0.29, 0.717) is 11.3 Å². The molecule has 1 aliphatic heterocycles. The predicted octanol–water partition coefficient (Wildman–Crippen LogP) is 2.14. The third-order valence-corrected chi connectivity index (χ3v) is 4.02. The Hall–Kier alpha value is -1.95. The van der Waals surface area contributed by atoms with Gasteiger partial charge in [-0.25, -0.2) is 4.98 Å².